The number of aromatic nitrogens is 4. The summed E-state index contributed by atoms with van der Waals surface area (Å²) in [7, 11) is 4.61. The van der Waals surface area contributed by atoms with Crippen LogP contribution in [0.25, 0.3) is 0 Å². The zero-order valence-corrected chi connectivity index (χ0v) is 42.5. The number of hydrogen-bond acceptors (Lipinski definition) is 15. The van der Waals surface area contributed by atoms with Crippen molar-refractivity contribution in [3.05, 3.63) is 53.9 Å². The first-order chi connectivity index (χ1) is 32.8. The monoisotopic (exact) mass is 966 g/mol. The Morgan fingerprint density at radius 1 is 0.884 bits per heavy atom. The molecule has 4 aliphatic rings. The molecule has 1 saturated carbocycles. The predicted molar refractivity (Wildman–Crippen MR) is 256 cm³/mol. The molecule has 1 aromatic heterocycles. The number of esters is 1. The Labute approximate surface area is 408 Å². The van der Waals surface area contributed by atoms with E-state index in [4.69, 9.17) is 23.7 Å². The highest BCUT2D eigenvalue weighted by Crippen LogP contribution is 2.39. The smallest absolute Gasteiger partial charge is 0.329 e. The number of carbonyl (C=O) groups is 5. The summed E-state index contributed by atoms with van der Waals surface area (Å²) in [5.41, 5.74) is 1.27. The van der Waals surface area contributed by atoms with Gasteiger partial charge in [0.05, 0.1) is 24.4 Å². The van der Waals surface area contributed by atoms with Gasteiger partial charge in [-0.25, -0.2) is 4.79 Å². The van der Waals surface area contributed by atoms with Crippen LogP contribution in [0.5, 0.6) is 0 Å². The molecule has 2 bridgehead atoms. The van der Waals surface area contributed by atoms with E-state index in [1.807, 2.05) is 58.1 Å². The van der Waals surface area contributed by atoms with Gasteiger partial charge in [0.25, 0.3) is 11.7 Å². The molecule has 2 saturated heterocycles. The molecule has 384 valence electrons. The van der Waals surface area contributed by atoms with Crippen LogP contribution >= 0.6 is 0 Å². The van der Waals surface area contributed by atoms with E-state index in [1.54, 1.807) is 45.9 Å². The van der Waals surface area contributed by atoms with Gasteiger partial charge in [0, 0.05) is 58.5 Å². The van der Waals surface area contributed by atoms with Crippen molar-refractivity contribution in [2.45, 2.75) is 180 Å². The Morgan fingerprint density at radius 3 is 2.32 bits per heavy atom. The number of cyclic esters (lactones) is 1. The lowest BCUT2D eigenvalue weighted by atomic mass is 9.77. The van der Waals surface area contributed by atoms with Crippen molar-refractivity contribution in [3.63, 3.8) is 0 Å². The predicted octanol–water partition coefficient (Wildman–Crippen LogP) is 6.05. The van der Waals surface area contributed by atoms with Crippen LogP contribution in [0.15, 0.2) is 53.9 Å². The van der Waals surface area contributed by atoms with Gasteiger partial charge < -0.3 is 38.8 Å². The largest absolute Gasteiger partial charge is 0.460 e. The summed E-state index contributed by atoms with van der Waals surface area (Å²) >= 11 is 0. The highest BCUT2D eigenvalue weighted by molar-refractivity contribution is 6.39. The van der Waals surface area contributed by atoms with Crippen molar-refractivity contribution in [1.82, 2.24) is 25.1 Å². The number of allylic oxidation sites excluding steroid dienone is 6. The van der Waals surface area contributed by atoms with E-state index in [1.165, 1.54) is 18.3 Å². The molecule has 3 aliphatic heterocycles. The Kier molecular flexibility index (Phi) is 20.8. The molecule has 69 heavy (non-hydrogen) atoms. The van der Waals surface area contributed by atoms with E-state index < -0.39 is 77.8 Å². The lowest BCUT2D eigenvalue weighted by molar-refractivity contribution is -0.265. The minimum Gasteiger partial charge on any atom is -0.460 e. The van der Waals surface area contributed by atoms with E-state index in [0.29, 0.717) is 56.9 Å². The van der Waals surface area contributed by atoms with Gasteiger partial charge in [0.15, 0.2) is 12.1 Å². The number of nitrogens with zero attached hydrogens (tertiary/aromatic N) is 5. The number of ether oxygens (including phenoxy) is 5. The SMILES string of the molecule is CO[C@H]1C[C@@H]2CCC(C)C(O)(O2)C(=O)C(=O)N2CCCC[C@H]2C(=O)O[C@H]([C@H](C)C[C@@H]2CC[C@H](n3ncnn3)[C@H](OC)C2)CC(=O)[C@H](C)/C=C(\C)[C@@H](O)[C@@H](OC)C(=O)[C@H](C)C[C@H](C)/C=C/C=C/C=C/1C. The first kappa shape index (κ1) is 55.7. The molecule has 3 fully saturated rings. The van der Waals surface area contributed by atoms with Gasteiger partial charge >= 0.3 is 5.97 Å². The molecule has 0 radical (unpaired) electrons. The first-order valence-electron chi connectivity index (χ1n) is 25.0. The number of Topliss-reactive ketones (excluding diaryl/α,β-unsaturated/α-hetero) is 3. The summed E-state index contributed by atoms with van der Waals surface area (Å²) in [5, 5.41) is 35.7. The van der Waals surface area contributed by atoms with Crippen LogP contribution in [-0.4, -0.2) is 141 Å². The Bertz CT molecular complexity index is 2020. The summed E-state index contributed by atoms with van der Waals surface area (Å²) in [5.74, 6) is -7.94. The molecule has 2 unspecified atom stereocenters. The maximum atomic E-state index is 14.5. The third-order valence-corrected chi connectivity index (χ3v) is 15.1. The zero-order valence-electron chi connectivity index (χ0n) is 42.5. The number of carbonyl (C=O) groups excluding carboxylic acids is 5. The van der Waals surface area contributed by atoms with Gasteiger partial charge in [-0.3, -0.25) is 19.2 Å². The summed E-state index contributed by atoms with van der Waals surface area (Å²) in [4.78, 5) is 73.9. The summed E-state index contributed by atoms with van der Waals surface area (Å²) in [6.45, 7) is 12.8. The fourth-order valence-corrected chi connectivity index (χ4v) is 10.7. The molecule has 4 heterocycles. The van der Waals surface area contributed by atoms with Crippen molar-refractivity contribution >= 4 is 29.2 Å². The molecule has 1 aromatic rings. The number of tetrazole rings is 1. The minimum atomic E-state index is -2.43. The van der Waals surface area contributed by atoms with Gasteiger partial charge in [-0.15, -0.1) is 10.2 Å². The van der Waals surface area contributed by atoms with Crippen LogP contribution in [0.4, 0.5) is 0 Å². The van der Waals surface area contributed by atoms with Crippen LogP contribution in [0.2, 0.25) is 0 Å². The van der Waals surface area contributed by atoms with Crippen LogP contribution in [0, 0.1) is 35.5 Å². The third-order valence-electron chi connectivity index (χ3n) is 15.1. The molecule has 0 aromatic carbocycles. The highest BCUT2D eigenvalue weighted by atomic mass is 16.6. The molecule has 15 atom stereocenters. The van der Waals surface area contributed by atoms with Gasteiger partial charge in [0.2, 0.25) is 5.79 Å². The topological polar surface area (TPSA) is 219 Å². The van der Waals surface area contributed by atoms with E-state index in [-0.39, 0.29) is 60.9 Å². The number of methoxy groups -OCH3 is 3. The molecular weight excluding hydrogens is 887 g/mol. The summed E-state index contributed by atoms with van der Waals surface area (Å²) in [6, 6.07) is -1.24. The van der Waals surface area contributed by atoms with Crippen LogP contribution in [0.1, 0.15) is 132 Å². The molecule has 17 nitrogen and oxygen atoms in total. The van der Waals surface area contributed by atoms with Crippen molar-refractivity contribution in [3.8, 4) is 0 Å². The second-order valence-corrected chi connectivity index (χ2v) is 20.3. The van der Waals surface area contributed by atoms with Gasteiger partial charge in [-0.2, -0.15) is 4.80 Å². The Hall–Kier alpha value is -4.26. The standard InChI is InChI=1S/C52H79N5O12/c1-31-16-12-11-13-17-32(2)43(65-8)28-39-21-19-37(7)52(64,69-39)49(61)50(62)56-23-15-14-18-41(56)51(63)68-44(34(4)26-38-20-22-40(45(27-38)66-9)57-54-30-53-55-57)29-42(58)33(3)25-36(6)47(60)48(67-10)46(59)35(5)24-31/h11-13,16-17,25,30-31,33-35,37-41,43-45,47-48,60,64H,14-15,18-24,26-29H2,1-10H3/b13-11+,16-12+,32-17+,36-25+/t31-,33-,34-,35-,37?,38+,39+,40+,41+,43+,44+,45-,47-,48+,52?/m1/s1. The van der Waals surface area contributed by atoms with Crippen molar-refractivity contribution in [2.24, 2.45) is 35.5 Å². The Balaban J connectivity index is 1.46. The molecule has 5 rings (SSSR count). The van der Waals surface area contributed by atoms with Crippen molar-refractivity contribution in [1.29, 1.82) is 0 Å². The van der Waals surface area contributed by atoms with Crippen LogP contribution in [0.3, 0.4) is 0 Å². The first-order valence-corrected chi connectivity index (χ1v) is 25.0. The van der Waals surface area contributed by atoms with E-state index in [9.17, 15) is 34.2 Å². The normalized spacial score (nSPS) is 38.8. The number of aliphatic hydroxyl groups excluding tert-OH is 1. The third kappa shape index (κ3) is 14.2. The second-order valence-electron chi connectivity index (χ2n) is 20.3. The zero-order chi connectivity index (χ0) is 50.6. The van der Waals surface area contributed by atoms with Crippen LogP contribution in [-0.2, 0) is 47.7 Å². The van der Waals surface area contributed by atoms with Gasteiger partial charge in [-0.1, -0.05) is 71.1 Å². The number of ketones is 3. The molecule has 1 aliphatic carbocycles. The quantitative estimate of drug-likeness (QED) is 0.181. The van der Waals surface area contributed by atoms with E-state index in [2.05, 4.69) is 15.4 Å². The number of fused-ring (bicyclic) bond motifs is 3. The Morgan fingerprint density at radius 2 is 1.64 bits per heavy atom. The highest BCUT2D eigenvalue weighted by Gasteiger charge is 2.53. The summed E-state index contributed by atoms with van der Waals surface area (Å²) < 4.78 is 29.9. The molecule has 1 amide bonds. The number of piperidine rings is 1. The van der Waals surface area contributed by atoms with E-state index >= 15 is 0 Å². The molecule has 0 spiro atoms. The van der Waals surface area contributed by atoms with Crippen molar-refractivity contribution in [2.75, 3.05) is 27.9 Å². The van der Waals surface area contributed by atoms with E-state index in [0.717, 1.165) is 18.4 Å². The number of rotatable bonds is 7. The fourth-order valence-electron chi connectivity index (χ4n) is 10.7. The summed E-state index contributed by atoms with van der Waals surface area (Å²) in [6.07, 6.45) is 13.7. The van der Waals surface area contributed by atoms with Crippen LogP contribution < -0.4 is 0 Å². The second kappa shape index (κ2) is 25.7. The number of hydrogen-bond donors (Lipinski definition) is 2. The number of aliphatic hydroxyl groups is 2. The molecule has 2 N–H and O–H groups in total. The lowest BCUT2D eigenvalue weighted by Gasteiger charge is -2.42. The average molecular weight is 966 g/mol. The minimum absolute atomic E-state index is 0.0168. The lowest BCUT2D eigenvalue weighted by Crippen LogP contribution is -2.61. The average Bonchev–Trinajstić information content (AvgIpc) is 3.88. The maximum absolute atomic E-state index is 14.5. The van der Waals surface area contributed by atoms with Gasteiger partial charge in [-0.05, 0) is 112 Å². The maximum Gasteiger partial charge on any atom is 0.329 e. The fraction of sp³-hybridized carbons (Fsp3) is 0.731. The van der Waals surface area contributed by atoms with Crippen molar-refractivity contribution < 1.29 is 57.9 Å². The molecule has 17 heteroatoms. The molecular formula is C52H79N5O12. The number of amides is 1. The van der Waals surface area contributed by atoms with Gasteiger partial charge in [0.1, 0.15) is 30.1 Å².